The molecule has 0 aliphatic heterocycles. The van der Waals surface area contributed by atoms with Crippen LogP contribution in [0.15, 0.2) is 47.2 Å². The molecule has 0 aliphatic carbocycles. The van der Waals surface area contributed by atoms with Crippen LogP contribution < -0.4 is 10.1 Å². The second kappa shape index (κ2) is 7.97. The SMILES string of the molecule is Cc1cc(Cl)ccc1OC(C)C(=O)NCc1nc(-c2ccncc2)no1. The van der Waals surface area contributed by atoms with Crippen LogP contribution in [0.1, 0.15) is 18.4 Å². The number of hydrogen-bond acceptors (Lipinski definition) is 6. The average Bonchev–Trinajstić information content (AvgIpc) is 3.11. The van der Waals surface area contributed by atoms with Crippen molar-refractivity contribution in [3.8, 4) is 17.1 Å². The molecule has 0 radical (unpaired) electrons. The molecule has 134 valence electrons. The topological polar surface area (TPSA) is 90.1 Å². The van der Waals surface area contributed by atoms with Gasteiger partial charge in [0, 0.05) is 23.0 Å². The van der Waals surface area contributed by atoms with Crippen LogP contribution in [0.4, 0.5) is 0 Å². The maximum atomic E-state index is 12.2. The number of ether oxygens (including phenoxy) is 1. The van der Waals surface area contributed by atoms with Crippen molar-refractivity contribution in [1.29, 1.82) is 0 Å². The number of aromatic nitrogens is 3. The lowest BCUT2D eigenvalue weighted by Crippen LogP contribution is -2.36. The number of halogens is 1. The zero-order chi connectivity index (χ0) is 18.5. The van der Waals surface area contributed by atoms with Gasteiger partial charge in [0.2, 0.25) is 11.7 Å². The number of benzene rings is 1. The molecule has 0 aliphatic rings. The molecule has 0 saturated carbocycles. The first-order chi connectivity index (χ1) is 12.5. The van der Waals surface area contributed by atoms with Gasteiger partial charge in [-0.05, 0) is 49.7 Å². The van der Waals surface area contributed by atoms with Gasteiger partial charge >= 0.3 is 0 Å². The third-order valence-corrected chi connectivity index (χ3v) is 3.87. The van der Waals surface area contributed by atoms with Crippen molar-refractivity contribution < 1.29 is 14.1 Å². The lowest BCUT2D eigenvalue weighted by Gasteiger charge is -2.15. The van der Waals surface area contributed by atoms with Gasteiger partial charge in [0.25, 0.3) is 5.91 Å². The predicted octanol–water partition coefficient (Wildman–Crippen LogP) is 3.18. The van der Waals surface area contributed by atoms with Crippen molar-refractivity contribution in [3.05, 3.63) is 59.2 Å². The zero-order valence-corrected chi connectivity index (χ0v) is 15.0. The Balaban J connectivity index is 1.56. The second-order valence-corrected chi connectivity index (χ2v) is 6.07. The largest absolute Gasteiger partial charge is 0.481 e. The minimum atomic E-state index is -0.683. The number of aryl methyl sites for hydroxylation is 1. The molecule has 0 saturated heterocycles. The number of carbonyl (C=O) groups excluding carboxylic acids is 1. The van der Waals surface area contributed by atoms with Crippen molar-refractivity contribution in [2.75, 3.05) is 0 Å². The fourth-order valence-corrected chi connectivity index (χ4v) is 2.47. The normalized spacial score (nSPS) is 11.8. The molecule has 1 unspecified atom stereocenters. The molecule has 1 aromatic carbocycles. The Morgan fingerprint density at radius 3 is 2.81 bits per heavy atom. The van der Waals surface area contributed by atoms with E-state index in [2.05, 4.69) is 20.4 Å². The zero-order valence-electron chi connectivity index (χ0n) is 14.3. The van der Waals surface area contributed by atoms with Gasteiger partial charge in [-0.15, -0.1) is 0 Å². The number of carbonyl (C=O) groups is 1. The van der Waals surface area contributed by atoms with Crippen LogP contribution in [0.2, 0.25) is 5.02 Å². The lowest BCUT2D eigenvalue weighted by atomic mass is 10.2. The summed E-state index contributed by atoms with van der Waals surface area (Å²) in [5.74, 6) is 1.07. The van der Waals surface area contributed by atoms with E-state index in [0.29, 0.717) is 22.5 Å². The Bertz CT molecular complexity index is 898. The van der Waals surface area contributed by atoms with Gasteiger partial charge in [-0.2, -0.15) is 4.98 Å². The Kier molecular flexibility index (Phi) is 5.48. The molecule has 7 nitrogen and oxygen atoms in total. The monoisotopic (exact) mass is 372 g/mol. The Morgan fingerprint density at radius 1 is 1.31 bits per heavy atom. The van der Waals surface area contributed by atoms with Gasteiger partial charge in [-0.25, -0.2) is 0 Å². The van der Waals surface area contributed by atoms with Gasteiger partial charge in [-0.1, -0.05) is 16.8 Å². The summed E-state index contributed by atoms with van der Waals surface area (Å²) in [6.07, 6.45) is 2.60. The van der Waals surface area contributed by atoms with Gasteiger partial charge in [0.05, 0.1) is 6.54 Å². The van der Waals surface area contributed by atoms with E-state index >= 15 is 0 Å². The highest BCUT2D eigenvalue weighted by atomic mass is 35.5. The Labute approximate surface area is 155 Å². The Morgan fingerprint density at radius 2 is 2.08 bits per heavy atom. The first-order valence-corrected chi connectivity index (χ1v) is 8.34. The number of nitrogens with one attached hydrogen (secondary N) is 1. The fraction of sp³-hybridized carbons (Fsp3) is 0.222. The molecule has 0 fully saturated rings. The van der Waals surface area contributed by atoms with E-state index in [4.69, 9.17) is 20.9 Å². The lowest BCUT2D eigenvalue weighted by molar-refractivity contribution is -0.127. The van der Waals surface area contributed by atoms with E-state index in [-0.39, 0.29) is 12.5 Å². The summed E-state index contributed by atoms with van der Waals surface area (Å²) >= 11 is 5.92. The molecule has 1 amide bonds. The maximum absolute atomic E-state index is 12.2. The molecule has 26 heavy (non-hydrogen) atoms. The highest BCUT2D eigenvalue weighted by molar-refractivity contribution is 6.30. The quantitative estimate of drug-likeness (QED) is 0.714. The summed E-state index contributed by atoms with van der Waals surface area (Å²) < 4.78 is 10.8. The van der Waals surface area contributed by atoms with Gasteiger partial charge < -0.3 is 14.6 Å². The van der Waals surface area contributed by atoms with Crippen LogP contribution in [0.3, 0.4) is 0 Å². The molecular weight excluding hydrogens is 356 g/mol. The number of pyridine rings is 1. The number of rotatable bonds is 6. The molecule has 2 aromatic heterocycles. The highest BCUT2D eigenvalue weighted by Gasteiger charge is 2.17. The van der Waals surface area contributed by atoms with E-state index in [1.54, 1.807) is 49.6 Å². The summed E-state index contributed by atoms with van der Waals surface area (Å²) in [7, 11) is 0. The summed E-state index contributed by atoms with van der Waals surface area (Å²) in [6.45, 7) is 3.65. The first-order valence-electron chi connectivity index (χ1n) is 7.96. The van der Waals surface area contributed by atoms with Crippen LogP contribution in [0, 0.1) is 6.92 Å². The maximum Gasteiger partial charge on any atom is 0.261 e. The summed E-state index contributed by atoms with van der Waals surface area (Å²) in [6, 6.07) is 8.78. The van der Waals surface area contributed by atoms with Crippen molar-refractivity contribution in [2.45, 2.75) is 26.5 Å². The minimum Gasteiger partial charge on any atom is -0.481 e. The standard InChI is InChI=1S/C18H17ClN4O3/c1-11-9-14(19)3-4-15(11)25-12(2)18(24)21-10-16-22-17(23-26-16)13-5-7-20-8-6-13/h3-9,12H,10H2,1-2H3,(H,21,24). The van der Waals surface area contributed by atoms with Crippen molar-refractivity contribution in [3.63, 3.8) is 0 Å². The predicted molar refractivity (Wildman–Crippen MR) is 95.7 cm³/mol. The van der Waals surface area contributed by atoms with Crippen LogP contribution >= 0.6 is 11.6 Å². The van der Waals surface area contributed by atoms with Crippen molar-refractivity contribution in [1.82, 2.24) is 20.4 Å². The first kappa shape index (κ1) is 17.9. The number of nitrogens with zero attached hydrogens (tertiary/aromatic N) is 3. The molecule has 3 aromatic rings. The van der Waals surface area contributed by atoms with Crippen LogP contribution in [-0.2, 0) is 11.3 Å². The molecule has 8 heteroatoms. The van der Waals surface area contributed by atoms with E-state index in [1.165, 1.54) is 0 Å². The third kappa shape index (κ3) is 4.37. The summed E-state index contributed by atoms with van der Waals surface area (Å²) in [5, 5.41) is 7.22. The van der Waals surface area contributed by atoms with Crippen molar-refractivity contribution in [2.24, 2.45) is 0 Å². The van der Waals surface area contributed by atoms with Gasteiger partial charge in [0.1, 0.15) is 5.75 Å². The molecule has 3 rings (SSSR count). The molecular formula is C18H17ClN4O3. The third-order valence-electron chi connectivity index (χ3n) is 3.63. The minimum absolute atomic E-state index is 0.115. The van der Waals surface area contributed by atoms with E-state index in [9.17, 15) is 4.79 Å². The summed E-state index contributed by atoms with van der Waals surface area (Å²) in [5.41, 5.74) is 1.65. The van der Waals surface area contributed by atoms with Crippen molar-refractivity contribution >= 4 is 17.5 Å². The summed E-state index contributed by atoms with van der Waals surface area (Å²) in [4.78, 5) is 20.4. The Hall–Kier alpha value is -2.93. The molecule has 1 N–H and O–H groups in total. The van der Waals surface area contributed by atoms with E-state index in [1.807, 2.05) is 6.92 Å². The number of amides is 1. The van der Waals surface area contributed by atoms with Crippen LogP contribution in [0.5, 0.6) is 5.75 Å². The highest BCUT2D eigenvalue weighted by Crippen LogP contribution is 2.22. The average molecular weight is 373 g/mol. The van der Waals surface area contributed by atoms with Crippen LogP contribution in [0.25, 0.3) is 11.4 Å². The fourth-order valence-electron chi connectivity index (χ4n) is 2.24. The molecule has 0 spiro atoms. The second-order valence-electron chi connectivity index (χ2n) is 5.64. The van der Waals surface area contributed by atoms with Crippen LogP contribution in [-0.4, -0.2) is 27.1 Å². The smallest absolute Gasteiger partial charge is 0.261 e. The van der Waals surface area contributed by atoms with Gasteiger partial charge in [-0.3, -0.25) is 9.78 Å². The molecule has 2 heterocycles. The van der Waals surface area contributed by atoms with Gasteiger partial charge in [0.15, 0.2) is 6.10 Å². The van der Waals surface area contributed by atoms with E-state index in [0.717, 1.165) is 11.1 Å². The molecule has 1 atom stereocenters. The number of hydrogen-bond donors (Lipinski definition) is 1. The molecule has 0 bridgehead atoms. The van der Waals surface area contributed by atoms with E-state index < -0.39 is 6.10 Å².